The molecule has 0 bridgehead atoms. The van der Waals surface area contributed by atoms with Gasteiger partial charge in [0.1, 0.15) is 11.5 Å². The molecule has 18 heavy (non-hydrogen) atoms. The molecule has 0 unspecified atom stereocenters. The van der Waals surface area contributed by atoms with Crippen LogP contribution in [-0.4, -0.2) is 17.1 Å². The van der Waals surface area contributed by atoms with Crippen molar-refractivity contribution in [3.05, 3.63) is 39.7 Å². The highest BCUT2D eigenvalue weighted by Crippen LogP contribution is 2.32. The first-order chi connectivity index (χ1) is 8.58. The quantitative estimate of drug-likeness (QED) is 0.798. The van der Waals surface area contributed by atoms with Crippen LogP contribution in [0.3, 0.4) is 0 Å². The summed E-state index contributed by atoms with van der Waals surface area (Å²) in [5, 5.41) is 0.162. The predicted octanol–water partition coefficient (Wildman–Crippen LogP) is 4.00. The van der Waals surface area contributed by atoms with Crippen LogP contribution < -0.4 is 9.47 Å². The molecule has 2 aromatic rings. The van der Waals surface area contributed by atoms with E-state index in [2.05, 4.69) is 25.9 Å². The Balaban J connectivity index is 2.28. The fourth-order valence-corrected chi connectivity index (χ4v) is 2.02. The number of benzene rings is 1. The first kappa shape index (κ1) is 13.1. The van der Waals surface area contributed by atoms with Crippen molar-refractivity contribution in [2.75, 3.05) is 7.11 Å². The Labute approximate surface area is 118 Å². The van der Waals surface area contributed by atoms with Crippen LogP contribution in [-0.2, 0) is 0 Å². The van der Waals surface area contributed by atoms with Crippen LogP contribution in [0.5, 0.6) is 17.4 Å². The average molecular weight is 330 g/mol. The summed E-state index contributed by atoms with van der Waals surface area (Å²) in [6.07, 6.45) is 0. The Kier molecular flexibility index (Phi) is 4.04. The lowest BCUT2D eigenvalue weighted by Gasteiger charge is -2.08. The van der Waals surface area contributed by atoms with Crippen molar-refractivity contribution in [3.63, 3.8) is 0 Å². The van der Waals surface area contributed by atoms with Gasteiger partial charge in [-0.3, -0.25) is 0 Å². The largest absolute Gasteiger partial charge is 0.497 e. The van der Waals surface area contributed by atoms with Gasteiger partial charge in [0.05, 0.1) is 11.6 Å². The number of methoxy groups -OCH3 is 1. The highest BCUT2D eigenvalue weighted by Gasteiger charge is 2.07. The number of hydrogen-bond donors (Lipinski definition) is 0. The molecule has 6 heteroatoms. The van der Waals surface area contributed by atoms with Gasteiger partial charge in [-0.1, -0.05) is 0 Å². The maximum atomic E-state index is 5.77. The third-order valence-corrected chi connectivity index (χ3v) is 2.95. The molecule has 0 fully saturated rings. The highest BCUT2D eigenvalue weighted by atomic mass is 79.9. The minimum Gasteiger partial charge on any atom is -0.497 e. The van der Waals surface area contributed by atoms with Crippen LogP contribution in [0.2, 0.25) is 5.28 Å². The van der Waals surface area contributed by atoms with Crippen LogP contribution in [0.4, 0.5) is 0 Å². The molecule has 0 N–H and O–H groups in total. The van der Waals surface area contributed by atoms with Gasteiger partial charge in [-0.05, 0) is 52.7 Å². The number of hydrogen-bond acceptors (Lipinski definition) is 4. The maximum absolute atomic E-state index is 5.77. The zero-order valence-electron chi connectivity index (χ0n) is 9.78. The summed E-state index contributed by atoms with van der Waals surface area (Å²) in [7, 11) is 1.61. The molecule has 94 valence electrons. The fraction of sp³-hybridized carbons (Fsp3) is 0.167. The normalized spacial score (nSPS) is 10.2. The van der Waals surface area contributed by atoms with Crippen LogP contribution in [0.15, 0.2) is 28.7 Å². The molecule has 1 aromatic heterocycles. The molecule has 0 radical (unpaired) electrons. The summed E-state index contributed by atoms with van der Waals surface area (Å²) < 4.78 is 11.5. The molecule has 0 atom stereocenters. The van der Waals surface area contributed by atoms with E-state index in [1.807, 2.05) is 13.0 Å². The lowest BCUT2D eigenvalue weighted by Crippen LogP contribution is -1.93. The van der Waals surface area contributed by atoms with Crippen molar-refractivity contribution in [3.8, 4) is 17.4 Å². The Bertz CT molecular complexity index is 558. The van der Waals surface area contributed by atoms with Gasteiger partial charge in [-0.15, -0.1) is 0 Å². The minimum atomic E-state index is 0.162. The molecule has 2 rings (SSSR count). The molecule has 1 aromatic carbocycles. The number of aryl methyl sites for hydroxylation is 1. The number of nitrogens with zero attached hydrogens (tertiary/aromatic N) is 2. The van der Waals surface area contributed by atoms with Crippen LogP contribution >= 0.6 is 27.5 Å². The van der Waals surface area contributed by atoms with Gasteiger partial charge in [-0.2, -0.15) is 4.98 Å². The molecule has 0 aliphatic heterocycles. The van der Waals surface area contributed by atoms with Gasteiger partial charge in [0.25, 0.3) is 0 Å². The summed E-state index contributed by atoms with van der Waals surface area (Å²) in [5.74, 6) is 1.77. The Morgan fingerprint density at radius 3 is 2.61 bits per heavy atom. The molecule has 0 aliphatic rings. The first-order valence-corrected chi connectivity index (χ1v) is 6.28. The van der Waals surface area contributed by atoms with Crippen molar-refractivity contribution in [1.82, 2.24) is 9.97 Å². The SMILES string of the molecule is COc1ccc(Oc2cc(C)nc(Cl)n2)c(Br)c1. The number of ether oxygens (including phenoxy) is 2. The second kappa shape index (κ2) is 5.54. The van der Waals surface area contributed by atoms with E-state index in [-0.39, 0.29) is 5.28 Å². The van der Waals surface area contributed by atoms with Crippen molar-refractivity contribution < 1.29 is 9.47 Å². The van der Waals surface area contributed by atoms with Gasteiger partial charge < -0.3 is 9.47 Å². The van der Waals surface area contributed by atoms with Crippen LogP contribution in [0, 0.1) is 6.92 Å². The summed E-state index contributed by atoms with van der Waals surface area (Å²) in [6.45, 7) is 1.82. The number of halogens is 2. The lowest BCUT2D eigenvalue weighted by atomic mass is 10.3. The fourth-order valence-electron chi connectivity index (χ4n) is 1.36. The van der Waals surface area contributed by atoms with Crippen molar-refractivity contribution in [2.24, 2.45) is 0 Å². The van der Waals surface area contributed by atoms with E-state index in [1.165, 1.54) is 0 Å². The molecular weight excluding hydrogens is 320 g/mol. The molecule has 0 amide bonds. The summed E-state index contributed by atoms with van der Waals surface area (Å²) in [5.41, 5.74) is 0.745. The van der Waals surface area contributed by atoms with E-state index in [0.717, 1.165) is 15.9 Å². The third kappa shape index (κ3) is 3.11. The second-order valence-corrected chi connectivity index (χ2v) is 4.71. The van der Waals surface area contributed by atoms with E-state index in [9.17, 15) is 0 Å². The van der Waals surface area contributed by atoms with Gasteiger partial charge in [0.15, 0.2) is 0 Å². The van der Waals surface area contributed by atoms with E-state index in [0.29, 0.717) is 11.6 Å². The molecule has 1 heterocycles. The monoisotopic (exact) mass is 328 g/mol. The zero-order valence-corrected chi connectivity index (χ0v) is 12.1. The van der Waals surface area contributed by atoms with E-state index < -0.39 is 0 Å². The molecule has 0 saturated heterocycles. The standard InChI is InChI=1S/C12H10BrClN2O2/c1-7-5-11(16-12(14)15-7)18-10-4-3-8(17-2)6-9(10)13/h3-6H,1-2H3. The Hall–Kier alpha value is -1.33. The second-order valence-electron chi connectivity index (χ2n) is 3.52. The molecular formula is C12H10BrClN2O2. The molecule has 0 aliphatic carbocycles. The zero-order chi connectivity index (χ0) is 13.1. The maximum Gasteiger partial charge on any atom is 0.225 e. The minimum absolute atomic E-state index is 0.162. The van der Waals surface area contributed by atoms with Crippen molar-refractivity contribution >= 4 is 27.5 Å². The van der Waals surface area contributed by atoms with Crippen LogP contribution in [0.25, 0.3) is 0 Å². The van der Waals surface area contributed by atoms with Gasteiger partial charge in [0.2, 0.25) is 11.2 Å². The van der Waals surface area contributed by atoms with Gasteiger partial charge in [-0.25, -0.2) is 4.98 Å². The Morgan fingerprint density at radius 1 is 1.22 bits per heavy atom. The number of rotatable bonds is 3. The van der Waals surface area contributed by atoms with Crippen molar-refractivity contribution in [1.29, 1.82) is 0 Å². The third-order valence-electron chi connectivity index (χ3n) is 2.16. The lowest BCUT2D eigenvalue weighted by molar-refractivity contribution is 0.411. The van der Waals surface area contributed by atoms with Crippen LogP contribution in [0.1, 0.15) is 5.69 Å². The summed E-state index contributed by atoms with van der Waals surface area (Å²) in [4.78, 5) is 7.96. The topological polar surface area (TPSA) is 44.2 Å². The molecule has 4 nitrogen and oxygen atoms in total. The number of aromatic nitrogens is 2. The Morgan fingerprint density at radius 2 is 2.00 bits per heavy atom. The van der Waals surface area contributed by atoms with E-state index >= 15 is 0 Å². The summed E-state index contributed by atoms with van der Waals surface area (Å²) in [6, 6.07) is 7.11. The highest BCUT2D eigenvalue weighted by molar-refractivity contribution is 9.10. The smallest absolute Gasteiger partial charge is 0.225 e. The molecule has 0 saturated carbocycles. The van der Waals surface area contributed by atoms with E-state index in [4.69, 9.17) is 21.1 Å². The average Bonchev–Trinajstić information content (AvgIpc) is 2.30. The van der Waals surface area contributed by atoms with Gasteiger partial charge in [0, 0.05) is 11.8 Å². The summed E-state index contributed by atoms with van der Waals surface area (Å²) >= 11 is 9.17. The van der Waals surface area contributed by atoms with Crippen molar-refractivity contribution in [2.45, 2.75) is 6.92 Å². The van der Waals surface area contributed by atoms with Gasteiger partial charge >= 0.3 is 0 Å². The first-order valence-electron chi connectivity index (χ1n) is 5.11. The van der Waals surface area contributed by atoms with E-state index in [1.54, 1.807) is 25.3 Å². The molecule has 0 spiro atoms. The predicted molar refractivity (Wildman–Crippen MR) is 72.5 cm³/mol.